The quantitative estimate of drug-likeness (QED) is 0.802. The Balaban J connectivity index is 2.43. The van der Waals surface area contributed by atoms with E-state index in [2.05, 4.69) is 13.8 Å². The number of piperidine rings is 1. The molecule has 1 unspecified atom stereocenters. The van der Waals surface area contributed by atoms with Gasteiger partial charge in [0, 0.05) is 25.6 Å². The smallest absolute Gasteiger partial charge is 0.224 e. The molecule has 3 nitrogen and oxygen atoms in total. The lowest BCUT2D eigenvalue weighted by Crippen LogP contribution is -2.44. The van der Waals surface area contributed by atoms with Gasteiger partial charge in [0.25, 0.3) is 0 Å². The lowest BCUT2D eigenvalue weighted by molar-refractivity contribution is -0.134. The van der Waals surface area contributed by atoms with Crippen molar-refractivity contribution in [1.29, 1.82) is 0 Å². The van der Waals surface area contributed by atoms with Crippen LogP contribution in [-0.2, 0) is 4.79 Å². The number of nitrogens with zero attached hydrogens (tertiary/aromatic N) is 1. The van der Waals surface area contributed by atoms with Gasteiger partial charge in [-0.25, -0.2) is 0 Å². The number of rotatable bonds is 5. The SMILES string of the molecule is CCC(N)CC(=O)N1CCC(CC)(CC)CC1. The summed E-state index contributed by atoms with van der Waals surface area (Å²) in [7, 11) is 0. The van der Waals surface area contributed by atoms with Crippen molar-refractivity contribution in [2.45, 2.75) is 65.3 Å². The Bertz CT molecular complexity index is 239. The van der Waals surface area contributed by atoms with Crippen LogP contribution in [0, 0.1) is 5.41 Å². The maximum Gasteiger partial charge on any atom is 0.224 e. The van der Waals surface area contributed by atoms with Crippen LogP contribution in [-0.4, -0.2) is 29.9 Å². The topological polar surface area (TPSA) is 46.3 Å². The van der Waals surface area contributed by atoms with Crippen LogP contribution in [0.1, 0.15) is 59.3 Å². The second-order valence-corrected chi connectivity index (χ2v) is 5.46. The maximum absolute atomic E-state index is 12.0. The summed E-state index contributed by atoms with van der Waals surface area (Å²) in [6, 6.07) is 0.0338. The van der Waals surface area contributed by atoms with Crippen molar-refractivity contribution in [2.75, 3.05) is 13.1 Å². The van der Waals surface area contributed by atoms with Gasteiger partial charge in [-0.3, -0.25) is 4.79 Å². The highest BCUT2D eigenvalue weighted by molar-refractivity contribution is 5.76. The van der Waals surface area contributed by atoms with Crippen LogP contribution in [0.4, 0.5) is 0 Å². The predicted octanol–water partition coefficient (Wildman–Crippen LogP) is 2.54. The van der Waals surface area contributed by atoms with E-state index in [1.807, 2.05) is 11.8 Å². The third-order valence-corrected chi connectivity index (χ3v) is 4.64. The summed E-state index contributed by atoms with van der Waals surface area (Å²) in [4.78, 5) is 14.0. The second-order valence-electron chi connectivity index (χ2n) is 5.46. The van der Waals surface area contributed by atoms with E-state index in [0.717, 1.165) is 32.4 Å². The van der Waals surface area contributed by atoms with Gasteiger partial charge in [-0.05, 0) is 24.7 Å². The van der Waals surface area contributed by atoms with Gasteiger partial charge in [0.1, 0.15) is 0 Å². The first kappa shape index (κ1) is 14.5. The fourth-order valence-electron chi connectivity index (χ4n) is 2.69. The lowest BCUT2D eigenvalue weighted by atomic mass is 9.74. The molecule has 0 aromatic heterocycles. The number of carbonyl (C=O) groups excluding carboxylic acids is 1. The predicted molar refractivity (Wildman–Crippen MR) is 71.7 cm³/mol. The van der Waals surface area contributed by atoms with E-state index in [1.54, 1.807) is 0 Å². The first-order chi connectivity index (χ1) is 8.06. The Morgan fingerprint density at radius 3 is 2.18 bits per heavy atom. The molecule has 1 aliphatic heterocycles. The Morgan fingerprint density at radius 2 is 1.76 bits per heavy atom. The van der Waals surface area contributed by atoms with Crippen LogP contribution < -0.4 is 5.73 Å². The van der Waals surface area contributed by atoms with E-state index in [9.17, 15) is 4.79 Å². The Hall–Kier alpha value is -0.570. The Morgan fingerprint density at radius 1 is 1.24 bits per heavy atom. The minimum Gasteiger partial charge on any atom is -0.343 e. The molecule has 1 fully saturated rings. The largest absolute Gasteiger partial charge is 0.343 e. The fraction of sp³-hybridized carbons (Fsp3) is 0.929. The maximum atomic E-state index is 12.0. The van der Waals surface area contributed by atoms with Gasteiger partial charge in [-0.1, -0.05) is 33.6 Å². The van der Waals surface area contributed by atoms with E-state index in [4.69, 9.17) is 5.73 Å². The minimum absolute atomic E-state index is 0.0338. The van der Waals surface area contributed by atoms with Gasteiger partial charge >= 0.3 is 0 Å². The number of amides is 1. The zero-order valence-electron chi connectivity index (χ0n) is 11.7. The lowest BCUT2D eigenvalue weighted by Gasteiger charge is -2.41. The molecule has 2 N–H and O–H groups in total. The van der Waals surface area contributed by atoms with Crippen LogP contribution >= 0.6 is 0 Å². The number of hydrogen-bond acceptors (Lipinski definition) is 2. The zero-order chi connectivity index (χ0) is 12.9. The van der Waals surface area contributed by atoms with Gasteiger partial charge in [-0.2, -0.15) is 0 Å². The molecule has 1 amide bonds. The van der Waals surface area contributed by atoms with Crippen molar-refractivity contribution >= 4 is 5.91 Å². The summed E-state index contributed by atoms with van der Waals surface area (Å²) >= 11 is 0. The van der Waals surface area contributed by atoms with Crippen molar-refractivity contribution in [1.82, 2.24) is 4.90 Å². The van der Waals surface area contributed by atoms with Gasteiger partial charge in [0.05, 0.1) is 0 Å². The van der Waals surface area contributed by atoms with Gasteiger partial charge in [0.2, 0.25) is 5.91 Å². The van der Waals surface area contributed by atoms with Crippen LogP contribution in [0.25, 0.3) is 0 Å². The summed E-state index contributed by atoms with van der Waals surface area (Å²) in [6.07, 6.45) is 6.19. The molecule has 0 spiro atoms. The van der Waals surface area contributed by atoms with E-state index >= 15 is 0 Å². The molecule has 0 aromatic carbocycles. The number of hydrogen-bond donors (Lipinski definition) is 1. The van der Waals surface area contributed by atoms with Gasteiger partial charge in [-0.15, -0.1) is 0 Å². The van der Waals surface area contributed by atoms with Crippen molar-refractivity contribution in [3.05, 3.63) is 0 Å². The van der Waals surface area contributed by atoms with Crippen molar-refractivity contribution in [2.24, 2.45) is 11.1 Å². The molecule has 0 aromatic rings. The first-order valence-corrected chi connectivity index (χ1v) is 7.10. The van der Waals surface area contributed by atoms with Crippen LogP contribution in [0.2, 0.25) is 0 Å². The summed E-state index contributed by atoms with van der Waals surface area (Å²) in [6.45, 7) is 8.43. The van der Waals surface area contributed by atoms with Gasteiger partial charge < -0.3 is 10.6 Å². The molecular formula is C14H28N2O. The molecule has 0 radical (unpaired) electrons. The standard InChI is InChI=1S/C14H28N2O/c1-4-12(15)11-13(17)16-9-7-14(5-2,6-3)8-10-16/h12H,4-11,15H2,1-3H3. The van der Waals surface area contributed by atoms with Crippen LogP contribution in [0.15, 0.2) is 0 Å². The molecule has 1 aliphatic rings. The number of nitrogens with two attached hydrogens (primary N) is 1. The summed E-state index contributed by atoms with van der Waals surface area (Å²) < 4.78 is 0. The third-order valence-electron chi connectivity index (χ3n) is 4.64. The van der Waals surface area contributed by atoms with Crippen molar-refractivity contribution in [3.63, 3.8) is 0 Å². The number of likely N-dealkylation sites (tertiary alicyclic amines) is 1. The average Bonchev–Trinajstić information content (AvgIpc) is 2.38. The molecule has 17 heavy (non-hydrogen) atoms. The fourth-order valence-corrected chi connectivity index (χ4v) is 2.69. The van der Waals surface area contributed by atoms with Crippen molar-refractivity contribution < 1.29 is 4.79 Å². The van der Waals surface area contributed by atoms with E-state index in [-0.39, 0.29) is 11.9 Å². The van der Waals surface area contributed by atoms with Crippen LogP contribution in [0.3, 0.4) is 0 Å². The highest BCUT2D eigenvalue weighted by Gasteiger charge is 2.32. The molecule has 1 rings (SSSR count). The zero-order valence-corrected chi connectivity index (χ0v) is 11.7. The molecule has 0 aliphatic carbocycles. The summed E-state index contributed by atoms with van der Waals surface area (Å²) in [5.41, 5.74) is 6.33. The van der Waals surface area contributed by atoms with Crippen molar-refractivity contribution in [3.8, 4) is 0 Å². The van der Waals surface area contributed by atoms with E-state index in [0.29, 0.717) is 11.8 Å². The molecule has 0 bridgehead atoms. The Kier molecular flexibility index (Phi) is 5.44. The molecular weight excluding hydrogens is 212 g/mol. The molecule has 0 saturated carbocycles. The van der Waals surface area contributed by atoms with E-state index in [1.165, 1.54) is 12.8 Å². The first-order valence-electron chi connectivity index (χ1n) is 7.10. The highest BCUT2D eigenvalue weighted by atomic mass is 16.2. The third kappa shape index (κ3) is 3.70. The second kappa shape index (κ2) is 6.39. The Labute approximate surface area is 106 Å². The van der Waals surface area contributed by atoms with E-state index < -0.39 is 0 Å². The average molecular weight is 240 g/mol. The summed E-state index contributed by atoms with van der Waals surface area (Å²) in [5.74, 6) is 0.250. The minimum atomic E-state index is 0.0338. The normalized spacial score (nSPS) is 21.3. The summed E-state index contributed by atoms with van der Waals surface area (Å²) in [5, 5.41) is 0. The van der Waals surface area contributed by atoms with Crippen LogP contribution in [0.5, 0.6) is 0 Å². The molecule has 1 saturated heterocycles. The number of carbonyl (C=O) groups is 1. The van der Waals surface area contributed by atoms with Gasteiger partial charge in [0.15, 0.2) is 0 Å². The molecule has 3 heteroatoms. The molecule has 1 heterocycles. The molecule has 1 atom stereocenters. The monoisotopic (exact) mass is 240 g/mol. The molecule has 100 valence electrons. The highest BCUT2D eigenvalue weighted by Crippen LogP contribution is 2.37.